The van der Waals surface area contributed by atoms with Gasteiger partial charge in [0.2, 0.25) is 0 Å². The van der Waals surface area contributed by atoms with Gasteiger partial charge < -0.3 is 9.80 Å². The van der Waals surface area contributed by atoms with E-state index >= 15 is 0 Å². The van der Waals surface area contributed by atoms with Gasteiger partial charge in [-0.2, -0.15) is 0 Å². The molecule has 0 radical (unpaired) electrons. The Bertz CT molecular complexity index is 1410. The molecule has 0 amide bonds. The Morgan fingerprint density at radius 2 is 1.81 bits per heavy atom. The molecule has 0 unspecified atom stereocenters. The summed E-state index contributed by atoms with van der Waals surface area (Å²) in [6.45, 7) is 12.6. The molecule has 0 aliphatic carbocycles. The molecule has 4 aromatic rings. The molecule has 1 aliphatic rings. The number of nitrogens with zero attached hydrogens (tertiary/aromatic N) is 6. The summed E-state index contributed by atoms with van der Waals surface area (Å²) in [6.07, 6.45) is 6.05. The van der Waals surface area contributed by atoms with Crippen LogP contribution in [0.3, 0.4) is 0 Å². The van der Waals surface area contributed by atoms with E-state index in [2.05, 4.69) is 65.0 Å². The SMILES string of the molecule is Cc1ccc(CC(=O)c2ccc(C(C)(C)C)s2)cc1-n1cc(-c2cncc(N3CCN(C)CC3)c2)nn1. The van der Waals surface area contributed by atoms with Crippen LogP contribution in [0.1, 0.15) is 46.4 Å². The van der Waals surface area contributed by atoms with E-state index in [9.17, 15) is 4.79 Å². The molecule has 1 aliphatic heterocycles. The predicted octanol–water partition coefficient (Wildman–Crippen LogP) is 5.17. The van der Waals surface area contributed by atoms with Crippen molar-refractivity contribution in [3.63, 3.8) is 0 Å². The summed E-state index contributed by atoms with van der Waals surface area (Å²) in [5.74, 6) is 0.140. The Kier molecular flexibility index (Phi) is 6.96. The number of thiophene rings is 1. The summed E-state index contributed by atoms with van der Waals surface area (Å²) in [7, 11) is 2.15. The molecule has 0 spiro atoms. The summed E-state index contributed by atoms with van der Waals surface area (Å²) in [5, 5.41) is 8.87. The average molecular weight is 515 g/mol. The van der Waals surface area contributed by atoms with E-state index in [4.69, 9.17) is 0 Å². The van der Waals surface area contributed by atoms with Gasteiger partial charge in [-0.3, -0.25) is 9.78 Å². The Labute approximate surface area is 222 Å². The van der Waals surface area contributed by atoms with Gasteiger partial charge in [0.05, 0.1) is 28.6 Å². The molecule has 0 bridgehead atoms. The normalized spacial score (nSPS) is 14.8. The van der Waals surface area contributed by atoms with E-state index in [1.807, 2.05) is 49.8 Å². The first-order valence-corrected chi connectivity index (χ1v) is 13.5. The van der Waals surface area contributed by atoms with Crippen molar-refractivity contribution in [2.24, 2.45) is 0 Å². The monoisotopic (exact) mass is 514 g/mol. The molecule has 37 heavy (non-hydrogen) atoms. The summed E-state index contributed by atoms with van der Waals surface area (Å²) in [5.41, 5.74) is 5.84. The van der Waals surface area contributed by atoms with Gasteiger partial charge >= 0.3 is 0 Å². The Balaban J connectivity index is 1.35. The number of rotatable bonds is 6. The number of aryl methyl sites for hydroxylation is 1. The molecule has 0 saturated carbocycles. The fourth-order valence-corrected chi connectivity index (χ4v) is 5.50. The summed E-state index contributed by atoms with van der Waals surface area (Å²) in [4.78, 5) is 24.2. The second-order valence-corrected chi connectivity index (χ2v) is 12.0. The van der Waals surface area contributed by atoms with E-state index in [-0.39, 0.29) is 11.2 Å². The van der Waals surface area contributed by atoms with Crippen LogP contribution < -0.4 is 4.90 Å². The molecule has 5 rings (SSSR count). The van der Waals surface area contributed by atoms with Gasteiger partial charge in [0.1, 0.15) is 5.69 Å². The first-order valence-electron chi connectivity index (χ1n) is 12.7. The largest absolute Gasteiger partial charge is 0.368 e. The van der Waals surface area contributed by atoms with E-state index in [1.165, 1.54) is 4.88 Å². The van der Waals surface area contributed by atoms with Crippen LogP contribution in [0.15, 0.2) is 55.0 Å². The minimum atomic E-state index is 0.0462. The zero-order valence-corrected chi connectivity index (χ0v) is 23.0. The number of Topliss-reactive ketones (excluding diaryl/α,β-unsaturated/α-hetero) is 1. The number of carbonyl (C=O) groups is 1. The van der Waals surface area contributed by atoms with Gasteiger partial charge in [0.15, 0.2) is 5.78 Å². The quantitative estimate of drug-likeness (QED) is 0.331. The van der Waals surface area contributed by atoms with E-state index in [1.54, 1.807) is 16.0 Å². The molecule has 0 N–H and O–H groups in total. The highest BCUT2D eigenvalue weighted by molar-refractivity contribution is 7.14. The smallest absolute Gasteiger partial charge is 0.177 e. The van der Waals surface area contributed by atoms with Crippen LogP contribution in [0.5, 0.6) is 0 Å². The number of carbonyl (C=O) groups excluding carboxylic acids is 1. The Morgan fingerprint density at radius 3 is 2.54 bits per heavy atom. The summed E-state index contributed by atoms with van der Waals surface area (Å²) < 4.78 is 1.80. The lowest BCUT2D eigenvalue weighted by Crippen LogP contribution is -2.44. The van der Waals surface area contributed by atoms with Crippen LogP contribution in [-0.4, -0.2) is 63.9 Å². The maximum atomic E-state index is 13.0. The van der Waals surface area contributed by atoms with E-state index < -0.39 is 0 Å². The minimum Gasteiger partial charge on any atom is -0.368 e. The van der Waals surface area contributed by atoms with Crippen molar-refractivity contribution in [3.8, 4) is 16.9 Å². The van der Waals surface area contributed by atoms with Gasteiger partial charge in [0, 0.05) is 49.2 Å². The number of hydrogen-bond acceptors (Lipinski definition) is 7. The lowest BCUT2D eigenvalue weighted by Gasteiger charge is -2.33. The second-order valence-electron chi connectivity index (χ2n) is 10.9. The molecule has 4 heterocycles. The zero-order chi connectivity index (χ0) is 26.2. The molecular weight excluding hydrogens is 480 g/mol. The third kappa shape index (κ3) is 5.65. The fourth-order valence-electron chi connectivity index (χ4n) is 4.49. The van der Waals surface area contributed by atoms with Crippen LogP contribution in [0, 0.1) is 6.92 Å². The first kappa shape index (κ1) is 25.3. The fraction of sp³-hybridized carbons (Fsp3) is 0.379. The summed E-state index contributed by atoms with van der Waals surface area (Å²) in [6, 6.07) is 12.3. The van der Waals surface area contributed by atoms with Crippen LogP contribution in [0.25, 0.3) is 16.9 Å². The Hall–Kier alpha value is -3.36. The number of likely N-dealkylation sites (N-methyl/N-ethyl adjacent to an activating group) is 1. The number of anilines is 1. The average Bonchev–Trinajstić information content (AvgIpc) is 3.56. The van der Waals surface area contributed by atoms with Crippen LogP contribution in [0.4, 0.5) is 5.69 Å². The third-order valence-electron chi connectivity index (χ3n) is 6.89. The maximum absolute atomic E-state index is 13.0. The van der Waals surface area contributed by atoms with E-state index in [0.717, 1.165) is 64.8 Å². The predicted molar refractivity (Wildman–Crippen MR) is 150 cm³/mol. The van der Waals surface area contributed by atoms with Crippen LogP contribution in [0.2, 0.25) is 0 Å². The first-order chi connectivity index (χ1) is 17.7. The molecular formula is C29H34N6OS. The highest BCUT2D eigenvalue weighted by Crippen LogP contribution is 2.30. The van der Waals surface area contributed by atoms with Crippen molar-refractivity contribution < 1.29 is 4.79 Å². The molecule has 1 saturated heterocycles. The van der Waals surface area contributed by atoms with Crippen molar-refractivity contribution in [1.82, 2.24) is 24.9 Å². The molecule has 1 aromatic carbocycles. The lowest BCUT2D eigenvalue weighted by molar-refractivity contribution is 0.0997. The van der Waals surface area contributed by atoms with Gasteiger partial charge in [-0.15, -0.1) is 16.4 Å². The molecule has 3 aromatic heterocycles. The van der Waals surface area contributed by atoms with Gasteiger partial charge in [0.25, 0.3) is 0 Å². The van der Waals surface area contributed by atoms with Crippen LogP contribution in [-0.2, 0) is 11.8 Å². The molecule has 192 valence electrons. The standard InChI is InChI=1S/C29H34N6OS/c1-20-6-7-21(15-26(36)27-8-9-28(37-27)29(2,3)4)14-25(20)35-19-24(31-32-35)22-16-23(18-30-17-22)34-12-10-33(5)11-13-34/h6-9,14,16-19H,10-13,15H2,1-5H3. The Morgan fingerprint density at radius 1 is 1.03 bits per heavy atom. The number of benzene rings is 1. The molecule has 8 heteroatoms. The number of piperazine rings is 1. The third-order valence-corrected chi connectivity index (χ3v) is 8.44. The van der Waals surface area contributed by atoms with Gasteiger partial charge in [-0.1, -0.05) is 38.1 Å². The lowest BCUT2D eigenvalue weighted by atomic mass is 9.95. The van der Waals surface area contributed by atoms with Crippen molar-refractivity contribution in [2.45, 2.75) is 39.5 Å². The molecule has 7 nitrogen and oxygen atoms in total. The van der Waals surface area contributed by atoms with Crippen molar-refractivity contribution >= 4 is 22.8 Å². The van der Waals surface area contributed by atoms with Gasteiger partial charge in [-0.05, 0) is 54.8 Å². The highest BCUT2D eigenvalue weighted by Gasteiger charge is 2.19. The number of ketones is 1. The number of pyridine rings is 1. The summed E-state index contributed by atoms with van der Waals surface area (Å²) >= 11 is 1.59. The highest BCUT2D eigenvalue weighted by atomic mass is 32.1. The topological polar surface area (TPSA) is 67.2 Å². The second kappa shape index (κ2) is 10.2. The zero-order valence-electron chi connectivity index (χ0n) is 22.2. The molecule has 0 atom stereocenters. The van der Waals surface area contributed by atoms with E-state index in [0.29, 0.717) is 6.42 Å². The molecule has 1 fully saturated rings. The maximum Gasteiger partial charge on any atom is 0.177 e. The van der Waals surface area contributed by atoms with Crippen LogP contribution >= 0.6 is 11.3 Å². The van der Waals surface area contributed by atoms with Crippen molar-refractivity contribution in [1.29, 1.82) is 0 Å². The number of hydrogen-bond donors (Lipinski definition) is 0. The van der Waals surface area contributed by atoms with Gasteiger partial charge in [-0.25, -0.2) is 4.68 Å². The number of aromatic nitrogens is 4. The van der Waals surface area contributed by atoms with Crippen molar-refractivity contribution in [2.75, 3.05) is 38.1 Å². The van der Waals surface area contributed by atoms with Crippen molar-refractivity contribution in [3.05, 3.63) is 75.9 Å². The minimum absolute atomic E-state index is 0.0462.